The summed E-state index contributed by atoms with van der Waals surface area (Å²) in [6, 6.07) is 10.2. The second kappa shape index (κ2) is 8.40. The monoisotopic (exact) mass is 319 g/mol. The molecule has 2 atom stereocenters. The summed E-state index contributed by atoms with van der Waals surface area (Å²) in [5.74, 6) is -0.00603. The highest BCUT2D eigenvalue weighted by atomic mass is 16.5. The van der Waals surface area contributed by atoms with Crippen LogP contribution in [0.2, 0.25) is 0 Å². The van der Waals surface area contributed by atoms with Gasteiger partial charge in [0.25, 0.3) is 0 Å². The van der Waals surface area contributed by atoms with Crippen LogP contribution in [0.3, 0.4) is 0 Å². The van der Waals surface area contributed by atoms with Crippen LogP contribution in [0.15, 0.2) is 30.3 Å². The van der Waals surface area contributed by atoms with E-state index in [1.54, 1.807) is 0 Å². The first-order chi connectivity index (χ1) is 11.3. The van der Waals surface area contributed by atoms with E-state index < -0.39 is 0 Å². The number of carbonyl (C=O) groups is 1. The lowest BCUT2D eigenvalue weighted by Gasteiger charge is -2.33. The van der Waals surface area contributed by atoms with Crippen LogP contribution in [0.1, 0.15) is 5.56 Å². The van der Waals surface area contributed by atoms with Gasteiger partial charge < -0.3 is 20.1 Å². The molecule has 0 radical (unpaired) electrons. The Bertz CT molecular complexity index is 491. The highest BCUT2D eigenvalue weighted by molar-refractivity contribution is 5.82. The molecular formula is C17H25N3O3. The van der Waals surface area contributed by atoms with Crippen molar-refractivity contribution in [1.29, 1.82) is 0 Å². The summed E-state index contributed by atoms with van der Waals surface area (Å²) in [6.45, 7) is 5.78. The number of hydrogen-bond acceptors (Lipinski definition) is 5. The zero-order valence-corrected chi connectivity index (χ0v) is 13.4. The molecule has 0 aromatic heterocycles. The molecule has 1 aromatic rings. The van der Waals surface area contributed by atoms with Crippen molar-refractivity contribution in [3.05, 3.63) is 35.9 Å². The lowest BCUT2D eigenvalue weighted by Crippen LogP contribution is -2.54. The number of hydrogen-bond donors (Lipinski definition) is 2. The van der Waals surface area contributed by atoms with Crippen LogP contribution in [-0.4, -0.2) is 69.0 Å². The minimum absolute atomic E-state index is 0.00603. The normalized spacial score (nSPS) is 25.9. The Morgan fingerprint density at radius 3 is 2.96 bits per heavy atom. The van der Waals surface area contributed by atoms with Gasteiger partial charge in [0.1, 0.15) is 6.04 Å². The maximum absolute atomic E-state index is 12.1. The van der Waals surface area contributed by atoms with E-state index in [0.717, 1.165) is 26.2 Å². The van der Waals surface area contributed by atoms with Crippen molar-refractivity contribution in [2.45, 2.75) is 18.7 Å². The lowest BCUT2D eigenvalue weighted by molar-refractivity contribution is -0.127. The Morgan fingerprint density at radius 1 is 1.30 bits per heavy atom. The fourth-order valence-electron chi connectivity index (χ4n) is 2.96. The summed E-state index contributed by atoms with van der Waals surface area (Å²) < 4.78 is 11.1. The van der Waals surface area contributed by atoms with Gasteiger partial charge in [0, 0.05) is 32.7 Å². The van der Waals surface area contributed by atoms with Gasteiger partial charge in [0.2, 0.25) is 5.91 Å². The van der Waals surface area contributed by atoms with Gasteiger partial charge in [0.05, 0.1) is 25.9 Å². The second-order valence-corrected chi connectivity index (χ2v) is 6.04. The molecule has 1 aromatic carbocycles. The maximum atomic E-state index is 12.1. The molecule has 2 unspecified atom stereocenters. The van der Waals surface area contributed by atoms with Gasteiger partial charge in [-0.25, -0.2) is 0 Å². The minimum Gasteiger partial charge on any atom is -0.378 e. The molecule has 6 nitrogen and oxygen atoms in total. The number of morpholine rings is 2. The highest BCUT2D eigenvalue weighted by Crippen LogP contribution is 2.10. The molecule has 2 heterocycles. The first kappa shape index (κ1) is 16.4. The molecule has 3 rings (SSSR count). The van der Waals surface area contributed by atoms with Crippen LogP contribution >= 0.6 is 0 Å². The van der Waals surface area contributed by atoms with Gasteiger partial charge in [-0.3, -0.25) is 9.69 Å². The third-order valence-corrected chi connectivity index (χ3v) is 4.21. The SMILES string of the molecule is O=C(NCC1CN(Cc2ccccc2)CCO1)C1COCCN1. The summed E-state index contributed by atoms with van der Waals surface area (Å²) in [4.78, 5) is 14.5. The van der Waals surface area contributed by atoms with Gasteiger partial charge in [0.15, 0.2) is 0 Å². The van der Waals surface area contributed by atoms with E-state index in [9.17, 15) is 4.79 Å². The predicted molar refractivity (Wildman–Crippen MR) is 87.1 cm³/mol. The molecule has 2 aliphatic rings. The Labute approximate surface area is 137 Å². The van der Waals surface area contributed by atoms with Crippen LogP contribution in [0.4, 0.5) is 0 Å². The number of ether oxygens (including phenoxy) is 2. The smallest absolute Gasteiger partial charge is 0.239 e. The zero-order chi connectivity index (χ0) is 15.9. The van der Waals surface area contributed by atoms with Crippen molar-refractivity contribution in [2.24, 2.45) is 0 Å². The average Bonchev–Trinajstić information content (AvgIpc) is 2.62. The number of nitrogens with one attached hydrogen (secondary N) is 2. The number of amides is 1. The zero-order valence-electron chi connectivity index (χ0n) is 13.4. The van der Waals surface area contributed by atoms with E-state index in [0.29, 0.717) is 26.4 Å². The quantitative estimate of drug-likeness (QED) is 0.799. The molecule has 23 heavy (non-hydrogen) atoms. The molecule has 2 N–H and O–H groups in total. The molecule has 126 valence electrons. The Morgan fingerprint density at radius 2 is 2.17 bits per heavy atom. The van der Waals surface area contributed by atoms with Crippen LogP contribution in [-0.2, 0) is 20.8 Å². The van der Waals surface area contributed by atoms with Crippen LogP contribution in [0.5, 0.6) is 0 Å². The first-order valence-electron chi connectivity index (χ1n) is 8.28. The molecular weight excluding hydrogens is 294 g/mol. The van der Waals surface area contributed by atoms with Crippen molar-refractivity contribution >= 4 is 5.91 Å². The van der Waals surface area contributed by atoms with Gasteiger partial charge in [-0.15, -0.1) is 0 Å². The van der Waals surface area contributed by atoms with Gasteiger partial charge in [-0.05, 0) is 5.56 Å². The van der Waals surface area contributed by atoms with Crippen LogP contribution < -0.4 is 10.6 Å². The van der Waals surface area contributed by atoms with E-state index in [4.69, 9.17) is 9.47 Å². The number of benzene rings is 1. The molecule has 2 fully saturated rings. The molecule has 6 heteroatoms. The third kappa shape index (κ3) is 5.00. The average molecular weight is 319 g/mol. The van der Waals surface area contributed by atoms with E-state index in [1.807, 2.05) is 6.07 Å². The summed E-state index contributed by atoms with van der Waals surface area (Å²) in [7, 11) is 0. The fraction of sp³-hybridized carbons (Fsp3) is 0.588. The van der Waals surface area contributed by atoms with Crippen LogP contribution in [0, 0.1) is 0 Å². The molecule has 1 amide bonds. The predicted octanol–water partition coefficient (Wildman–Crippen LogP) is -0.00800. The van der Waals surface area contributed by atoms with Gasteiger partial charge in [-0.1, -0.05) is 30.3 Å². The summed E-state index contributed by atoms with van der Waals surface area (Å²) >= 11 is 0. The van der Waals surface area contributed by atoms with Crippen molar-refractivity contribution in [3.63, 3.8) is 0 Å². The highest BCUT2D eigenvalue weighted by Gasteiger charge is 2.24. The third-order valence-electron chi connectivity index (χ3n) is 4.21. The summed E-state index contributed by atoms with van der Waals surface area (Å²) in [6.07, 6.45) is 0.0425. The molecule has 0 saturated carbocycles. The Hall–Kier alpha value is -1.47. The van der Waals surface area contributed by atoms with Crippen LogP contribution in [0.25, 0.3) is 0 Å². The molecule has 0 bridgehead atoms. The second-order valence-electron chi connectivity index (χ2n) is 6.04. The number of carbonyl (C=O) groups excluding carboxylic acids is 1. The summed E-state index contributed by atoms with van der Waals surface area (Å²) in [5.41, 5.74) is 1.31. The standard InChI is InChI=1S/C17H25N3O3/c21-17(16-13-22-8-6-18-16)19-10-15-12-20(7-9-23-15)11-14-4-2-1-3-5-14/h1-5,15-16,18H,6-13H2,(H,19,21). The first-order valence-corrected chi connectivity index (χ1v) is 8.28. The Kier molecular flexibility index (Phi) is 5.99. The van der Waals surface area contributed by atoms with Crippen molar-refractivity contribution < 1.29 is 14.3 Å². The lowest BCUT2D eigenvalue weighted by atomic mass is 10.2. The maximum Gasteiger partial charge on any atom is 0.239 e. The topological polar surface area (TPSA) is 62.8 Å². The number of rotatable bonds is 5. The molecule has 2 aliphatic heterocycles. The van der Waals surface area contributed by atoms with E-state index in [-0.39, 0.29) is 18.1 Å². The van der Waals surface area contributed by atoms with E-state index in [1.165, 1.54) is 5.56 Å². The van der Waals surface area contributed by atoms with Crippen molar-refractivity contribution in [2.75, 3.05) is 46.0 Å². The molecule has 2 saturated heterocycles. The summed E-state index contributed by atoms with van der Waals surface area (Å²) in [5, 5.41) is 6.13. The van der Waals surface area contributed by atoms with E-state index >= 15 is 0 Å². The largest absolute Gasteiger partial charge is 0.378 e. The Balaban J connectivity index is 1.42. The van der Waals surface area contributed by atoms with Gasteiger partial charge in [-0.2, -0.15) is 0 Å². The minimum atomic E-state index is -0.243. The van der Waals surface area contributed by atoms with E-state index in [2.05, 4.69) is 39.8 Å². The fourth-order valence-corrected chi connectivity index (χ4v) is 2.96. The van der Waals surface area contributed by atoms with Crippen molar-refractivity contribution in [3.8, 4) is 0 Å². The molecule has 0 aliphatic carbocycles. The molecule has 0 spiro atoms. The van der Waals surface area contributed by atoms with Gasteiger partial charge >= 0.3 is 0 Å². The number of nitrogens with zero attached hydrogens (tertiary/aromatic N) is 1. The van der Waals surface area contributed by atoms with Crippen molar-refractivity contribution in [1.82, 2.24) is 15.5 Å².